The van der Waals surface area contributed by atoms with E-state index in [9.17, 15) is 0 Å². The zero-order chi connectivity index (χ0) is 20.4. The van der Waals surface area contributed by atoms with E-state index in [0.29, 0.717) is 0 Å². The van der Waals surface area contributed by atoms with Gasteiger partial charge in [-0.1, -0.05) is 0 Å². The van der Waals surface area contributed by atoms with Crippen LogP contribution in [0.1, 0.15) is 38.5 Å². The Bertz CT molecular complexity index is 750. The van der Waals surface area contributed by atoms with E-state index in [-0.39, 0.29) is 0 Å². The average Bonchev–Trinajstić information content (AvgIpc) is 2.80. The third-order valence-electron chi connectivity index (χ3n) is 5.85. The Labute approximate surface area is 192 Å². The summed E-state index contributed by atoms with van der Waals surface area (Å²) in [7, 11) is 0. The zero-order valence-electron chi connectivity index (χ0n) is 17.0. The van der Waals surface area contributed by atoms with E-state index < -0.39 is 5.31 Å². The van der Waals surface area contributed by atoms with Gasteiger partial charge in [-0.25, -0.2) is 0 Å². The van der Waals surface area contributed by atoms with Crippen molar-refractivity contribution in [3.63, 3.8) is 0 Å². The quantitative estimate of drug-likeness (QED) is 0.135. The first kappa shape index (κ1) is 22.7. The van der Waals surface area contributed by atoms with Gasteiger partial charge in [-0.15, -0.1) is 0 Å². The fourth-order valence-corrected chi connectivity index (χ4v) is 12.4. The van der Waals surface area contributed by atoms with Gasteiger partial charge in [0, 0.05) is 0 Å². The summed E-state index contributed by atoms with van der Waals surface area (Å²) in [6, 6.07) is 33.4. The van der Waals surface area contributed by atoms with Crippen LogP contribution in [0.4, 0.5) is 0 Å². The molecule has 0 amide bonds. The van der Waals surface area contributed by atoms with E-state index in [1.54, 1.807) is 0 Å². The number of unbranched alkanes of at least 4 members (excludes halogenated alkanes) is 5. The standard InChI is InChI=1S/C26H31Br2P/c27-22-14-3-1-2-4-15-23-29(28,24-16-8-5-9-17-24,25-18-10-6-11-19-25)26-20-12-7-13-21-26/h5-13,16-21H,1-4,14-15,22-23H2. The first-order valence-electron chi connectivity index (χ1n) is 10.7. The minimum absolute atomic E-state index is 1.13. The maximum atomic E-state index is 4.54. The molecule has 3 aromatic rings. The fourth-order valence-electron chi connectivity index (χ4n) is 4.26. The van der Waals surface area contributed by atoms with Crippen LogP contribution in [0.25, 0.3) is 0 Å². The summed E-state index contributed by atoms with van der Waals surface area (Å²) in [6.07, 6.45) is 8.96. The Morgan fingerprint density at radius 1 is 0.483 bits per heavy atom. The molecule has 0 nitrogen and oxygen atoms in total. The molecular formula is C26H31Br2P. The Hall–Kier alpha value is -0.950. The van der Waals surface area contributed by atoms with Crippen LogP contribution in [0.3, 0.4) is 0 Å². The van der Waals surface area contributed by atoms with Gasteiger partial charge in [-0.05, 0) is 0 Å². The number of halogens is 2. The molecule has 0 N–H and O–H groups in total. The number of hydrogen-bond acceptors (Lipinski definition) is 0. The van der Waals surface area contributed by atoms with Gasteiger partial charge in [0.1, 0.15) is 0 Å². The van der Waals surface area contributed by atoms with Crippen molar-refractivity contribution in [3.05, 3.63) is 91.0 Å². The Kier molecular flexibility index (Phi) is 8.54. The molecule has 0 unspecified atom stereocenters. The molecule has 0 saturated heterocycles. The first-order valence-corrected chi connectivity index (χ1v) is 16.2. The van der Waals surface area contributed by atoms with E-state index >= 15 is 0 Å². The van der Waals surface area contributed by atoms with Crippen LogP contribution in [0.5, 0.6) is 0 Å². The van der Waals surface area contributed by atoms with Crippen LogP contribution >= 0.6 is 36.7 Å². The number of rotatable bonds is 11. The molecule has 0 saturated carbocycles. The van der Waals surface area contributed by atoms with Crippen molar-refractivity contribution < 1.29 is 0 Å². The molecule has 0 bridgehead atoms. The summed E-state index contributed by atoms with van der Waals surface area (Å²) in [5, 5.41) is 2.70. The van der Waals surface area contributed by atoms with Gasteiger partial charge in [0.05, 0.1) is 0 Å². The van der Waals surface area contributed by atoms with Gasteiger partial charge in [-0.2, -0.15) is 0 Å². The van der Waals surface area contributed by atoms with Gasteiger partial charge >= 0.3 is 194 Å². The van der Waals surface area contributed by atoms with Gasteiger partial charge in [0.15, 0.2) is 0 Å². The van der Waals surface area contributed by atoms with Crippen LogP contribution in [-0.2, 0) is 0 Å². The third kappa shape index (κ3) is 5.04. The van der Waals surface area contributed by atoms with Crippen molar-refractivity contribution in [2.45, 2.75) is 38.5 Å². The predicted molar refractivity (Wildman–Crippen MR) is 140 cm³/mol. The summed E-state index contributed by atoms with van der Waals surface area (Å²) in [6.45, 7) is 0. The third-order valence-corrected chi connectivity index (χ3v) is 16.4. The summed E-state index contributed by atoms with van der Waals surface area (Å²) in [4.78, 5) is 0. The van der Waals surface area contributed by atoms with Crippen molar-refractivity contribution >= 4 is 52.6 Å². The molecule has 3 aromatic carbocycles. The van der Waals surface area contributed by atoms with Crippen LogP contribution in [0, 0.1) is 0 Å². The summed E-state index contributed by atoms with van der Waals surface area (Å²) in [5.41, 5.74) is 0. The molecule has 0 aliphatic carbocycles. The monoisotopic (exact) mass is 532 g/mol. The molecule has 154 valence electrons. The molecule has 0 fully saturated rings. The van der Waals surface area contributed by atoms with E-state index in [4.69, 9.17) is 0 Å². The second-order valence-corrected chi connectivity index (χ2v) is 17.6. The summed E-state index contributed by atoms with van der Waals surface area (Å²) >= 11 is 8.08. The summed E-state index contributed by atoms with van der Waals surface area (Å²) < 4.78 is 0. The molecule has 0 heterocycles. The molecule has 3 heteroatoms. The predicted octanol–water partition coefficient (Wildman–Crippen LogP) is 7.56. The maximum absolute atomic E-state index is 4.54. The average molecular weight is 534 g/mol. The van der Waals surface area contributed by atoms with E-state index in [2.05, 4.69) is 122 Å². The van der Waals surface area contributed by atoms with E-state index in [0.717, 1.165) is 11.5 Å². The second kappa shape index (κ2) is 10.9. The Morgan fingerprint density at radius 3 is 1.21 bits per heavy atom. The second-order valence-electron chi connectivity index (χ2n) is 7.72. The van der Waals surface area contributed by atoms with Crippen LogP contribution in [-0.4, -0.2) is 11.5 Å². The van der Waals surface area contributed by atoms with Gasteiger partial charge < -0.3 is 0 Å². The molecule has 0 atom stereocenters. The number of alkyl halides is 1. The molecule has 29 heavy (non-hydrogen) atoms. The van der Waals surface area contributed by atoms with Crippen molar-refractivity contribution in [2.75, 3.05) is 11.5 Å². The minimum atomic E-state index is -2.71. The molecule has 0 aliphatic rings. The fraction of sp³-hybridized carbons (Fsp3) is 0.308. The molecule has 0 radical (unpaired) electrons. The molecule has 0 aliphatic heterocycles. The van der Waals surface area contributed by atoms with Crippen molar-refractivity contribution in [2.24, 2.45) is 0 Å². The van der Waals surface area contributed by atoms with E-state index in [1.807, 2.05) is 0 Å². The normalized spacial score (nSPS) is 13.0. The van der Waals surface area contributed by atoms with Gasteiger partial charge in [0.2, 0.25) is 0 Å². The van der Waals surface area contributed by atoms with E-state index in [1.165, 1.54) is 54.4 Å². The molecule has 0 aromatic heterocycles. The Morgan fingerprint density at radius 2 is 0.828 bits per heavy atom. The Balaban J connectivity index is 2.00. The zero-order valence-corrected chi connectivity index (χ0v) is 21.1. The SMILES string of the molecule is BrCCCCCCCCP(Br)(c1ccccc1)(c1ccccc1)c1ccccc1. The number of benzene rings is 3. The molecular weight excluding hydrogens is 503 g/mol. The van der Waals surface area contributed by atoms with Crippen molar-refractivity contribution in [3.8, 4) is 0 Å². The topological polar surface area (TPSA) is 0 Å². The molecule has 3 rings (SSSR count). The van der Waals surface area contributed by atoms with Crippen molar-refractivity contribution in [1.82, 2.24) is 0 Å². The van der Waals surface area contributed by atoms with Crippen LogP contribution in [0.15, 0.2) is 91.0 Å². The van der Waals surface area contributed by atoms with Crippen LogP contribution < -0.4 is 15.9 Å². The van der Waals surface area contributed by atoms with Gasteiger partial charge in [0.25, 0.3) is 0 Å². The summed E-state index contributed by atoms with van der Waals surface area (Å²) in [5.74, 6) is 0. The van der Waals surface area contributed by atoms with Crippen LogP contribution in [0.2, 0.25) is 0 Å². The molecule has 0 spiro atoms. The first-order chi connectivity index (χ1) is 14.2. The van der Waals surface area contributed by atoms with Gasteiger partial charge in [-0.3, -0.25) is 0 Å². The number of hydrogen-bond donors (Lipinski definition) is 0. The van der Waals surface area contributed by atoms with Crippen molar-refractivity contribution in [1.29, 1.82) is 0 Å².